The zero-order chi connectivity index (χ0) is 18.8. The molecule has 0 amide bonds. The molecule has 5 nitrogen and oxygen atoms in total. The van der Waals surface area contributed by atoms with Crippen LogP contribution in [0.1, 0.15) is 33.5 Å². The molecule has 0 fully saturated rings. The number of hydrogen-bond acceptors (Lipinski definition) is 5. The Kier molecular flexibility index (Phi) is 4.66. The topological polar surface area (TPSA) is 65.7 Å². The van der Waals surface area contributed by atoms with E-state index in [2.05, 4.69) is 45.0 Å². The molecule has 0 radical (unpaired) electrons. The second-order valence-electron chi connectivity index (χ2n) is 7.08. The van der Waals surface area contributed by atoms with Crippen LogP contribution < -0.4 is 0 Å². The molecule has 0 aliphatic carbocycles. The van der Waals surface area contributed by atoms with Gasteiger partial charge in [-0.15, -0.1) is 0 Å². The van der Waals surface area contributed by atoms with Crippen LogP contribution in [0.15, 0.2) is 42.9 Å². The van der Waals surface area contributed by atoms with Crippen molar-refractivity contribution in [2.24, 2.45) is 0 Å². The number of aromatic nitrogens is 3. The first-order valence-electron chi connectivity index (χ1n) is 9.12. The number of nitriles is 1. The van der Waals surface area contributed by atoms with Crippen LogP contribution >= 0.6 is 0 Å². The van der Waals surface area contributed by atoms with Crippen LogP contribution in [0, 0.1) is 25.2 Å². The normalized spacial score (nSPS) is 13.8. The van der Waals surface area contributed by atoms with Crippen molar-refractivity contribution in [1.82, 2.24) is 19.9 Å². The summed E-state index contributed by atoms with van der Waals surface area (Å²) in [7, 11) is 0. The standard InChI is InChI=1S/C22H21N5/c1-15-4-3-5-18(8-15)22-25-10-17(11-26-22)13-27-7-6-20-19(14-27)12-24-16(2)21(20)9-23/h3-5,8,10-12H,6-7,13-14H2,1-2H3. The Balaban J connectivity index is 1.48. The van der Waals surface area contributed by atoms with Crippen LogP contribution in [0.4, 0.5) is 0 Å². The first-order valence-corrected chi connectivity index (χ1v) is 9.12. The van der Waals surface area contributed by atoms with Gasteiger partial charge in [-0.25, -0.2) is 9.97 Å². The average Bonchev–Trinajstić information content (AvgIpc) is 2.69. The predicted molar refractivity (Wildman–Crippen MR) is 104 cm³/mol. The van der Waals surface area contributed by atoms with Gasteiger partial charge >= 0.3 is 0 Å². The SMILES string of the molecule is Cc1cccc(-c2ncc(CN3CCc4c(cnc(C)c4C#N)C3)cn2)c1. The van der Waals surface area contributed by atoms with Gasteiger partial charge in [0.1, 0.15) is 6.07 Å². The van der Waals surface area contributed by atoms with Crippen molar-refractivity contribution in [2.75, 3.05) is 6.54 Å². The number of pyridine rings is 1. The molecule has 134 valence electrons. The number of rotatable bonds is 3. The van der Waals surface area contributed by atoms with Crippen LogP contribution in [0.25, 0.3) is 11.4 Å². The molecule has 3 aromatic rings. The van der Waals surface area contributed by atoms with E-state index < -0.39 is 0 Å². The molecule has 0 spiro atoms. The summed E-state index contributed by atoms with van der Waals surface area (Å²) < 4.78 is 0. The molecule has 0 atom stereocenters. The molecule has 1 aliphatic heterocycles. The first kappa shape index (κ1) is 17.3. The maximum Gasteiger partial charge on any atom is 0.159 e. The summed E-state index contributed by atoms with van der Waals surface area (Å²) in [6.07, 6.45) is 6.61. The van der Waals surface area contributed by atoms with Crippen molar-refractivity contribution < 1.29 is 0 Å². The van der Waals surface area contributed by atoms with E-state index in [1.54, 1.807) is 0 Å². The molecule has 5 heteroatoms. The Bertz CT molecular complexity index is 1020. The van der Waals surface area contributed by atoms with Crippen molar-refractivity contribution >= 4 is 0 Å². The van der Waals surface area contributed by atoms with Gasteiger partial charge in [0.25, 0.3) is 0 Å². The zero-order valence-corrected chi connectivity index (χ0v) is 15.6. The lowest BCUT2D eigenvalue weighted by Gasteiger charge is -2.29. The lowest BCUT2D eigenvalue weighted by Crippen LogP contribution is -2.31. The van der Waals surface area contributed by atoms with Crippen molar-refractivity contribution in [3.8, 4) is 17.5 Å². The molecule has 0 bridgehead atoms. The number of benzene rings is 1. The number of hydrogen-bond donors (Lipinski definition) is 0. The van der Waals surface area contributed by atoms with Crippen LogP contribution in [-0.2, 0) is 19.5 Å². The van der Waals surface area contributed by atoms with Crippen LogP contribution in [0.3, 0.4) is 0 Å². The maximum absolute atomic E-state index is 9.39. The summed E-state index contributed by atoms with van der Waals surface area (Å²) in [5.74, 6) is 0.754. The Morgan fingerprint density at radius 2 is 1.93 bits per heavy atom. The van der Waals surface area contributed by atoms with Crippen molar-refractivity contribution in [1.29, 1.82) is 5.26 Å². The maximum atomic E-state index is 9.39. The third-order valence-electron chi connectivity index (χ3n) is 5.04. The first-order chi connectivity index (χ1) is 13.1. The summed E-state index contributed by atoms with van der Waals surface area (Å²) in [5, 5.41) is 9.39. The van der Waals surface area contributed by atoms with Crippen LogP contribution in [0.5, 0.6) is 0 Å². The van der Waals surface area contributed by atoms with Gasteiger partial charge in [0.15, 0.2) is 5.82 Å². The third-order valence-corrected chi connectivity index (χ3v) is 5.04. The van der Waals surface area contributed by atoms with E-state index in [0.717, 1.165) is 65.4 Å². The Labute approximate surface area is 159 Å². The Hall–Kier alpha value is -3.10. The molecule has 1 aromatic carbocycles. The molecule has 0 unspecified atom stereocenters. The predicted octanol–water partition coefficient (Wildman–Crippen LogP) is 3.59. The zero-order valence-electron chi connectivity index (χ0n) is 15.6. The fourth-order valence-corrected chi connectivity index (χ4v) is 3.62. The number of nitrogens with zero attached hydrogens (tertiary/aromatic N) is 5. The van der Waals surface area contributed by atoms with Gasteiger partial charge < -0.3 is 0 Å². The summed E-state index contributed by atoms with van der Waals surface area (Å²) in [6.45, 7) is 6.49. The van der Waals surface area contributed by atoms with Crippen LogP contribution in [-0.4, -0.2) is 26.4 Å². The fourth-order valence-electron chi connectivity index (χ4n) is 3.62. The monoisotopic (exact) mass is 355 g/mol. The summed E-state index contributed by atoms with van der Waals surface area (Å²) in [5.41, 5.74) is 7.22. The summed E-state index contributed by atoms with van der Waals surface area (Å²) in [6, 6.07) is 10.5. The molecule has 0 saturated heterocycles. The summed E-state index contributed by atoms with van der Waals surface area (Å²) in [4.78, 5) is 15.8. The molecule has 0 N–H and O–H groups in total. The lowest BCUT2D eigenvalue weighted by atomic mass is 9.95. The van der Waals surface area contributed by atoms with Gasteiger partial charge in [-0.1, -0.05) is 23.8 Å². The Morgan fingerprint density at radius 3 is 2.67 bits per heavy atom. The largest absolute Gasteiger partial charge is 0.294 e. The molecular formula is C22H21N5. The van der Waals surface area contributed by atoms with Gasteiger partial charge in [-0.05, 0) is 37.5 Å². The van der Waals surface area contributed by atoms with E-state index in [0.29, 0.717) is 0 Å². The molecule has 1 aliphatic rings. The molecule has 3 heterocycles. The quantitative estimate of drug-likeness (QED) is 0.718. The molecule has 4 rings (SSSR count). The third kappa shape index (κ3) is 3.57. The highest BCUT2D eigenvalue weighted by atomic mass is 15.1. The number of fused-ring (bicyclic) bond motifs is 1. The van der Waals surface area contributed by atoms with Crippen molar-refractivity contribution in [3.05, 3.63) is 76.4 Å². The minimum Gasteiger partial charge on any atom is -0.294 e. The minimum absolute atomic E-state index is 0.748. The average molecular weight is 355 g/mol. The van der Waals surface area contributed by atoms with Gasteiger partial charge in [0.2, 0.25) is 0 Å². The van der Waals surface area contributed by atoms with E-state index in [4.69, 9.17) is 0 Å². The van der Waals surface area contributed by atoms with Gasteiger partial charge in [0.05, 0.1) is 11.3 Å². The number of aryl methyl sites for hydroxylation is 2. The van der Waals surface area contributed by atoms with E-state index in [1.165, 1.54) is 5.56 Å². The van der Waals surface area contributed by atoms with E-state index in [1.807, 2.05) is 37.6 Å². The fraction of sp³-hybridized carbons (Fsp3) is 0.273. The van der Waals surface area contributed by atoms with Crippen molar-refractivity contribution in [3.63, 3.8) is 0 Å². The van der Waals surface area contributed by atoms with Crippen molar-refractivity contribution in [2.45, 2.75) is 33.4 Å². The van der Waals surface area contributed by atoms with E-state index >= 15 is 0 Å². The second kappa shape index (κ2) is 7.26. The minimum atomic E-state index is 0.748. The van der Waals surface area contributed by atoms with E-state index in [-0.39, 0.29) is 0 Å². The van der Waals surface area contributed by atoms with Gasteiger partial charge in [0, 0.05) is 49.4 Å². The highest BCUT2D eigenvalue weighted by Crippen LogP contribution is 2.24. The Morgan fingerprint density at radius 1 is 1.11 bits per heavy atom. The highest BCUT2D eigenvalue weighted by Gasteiger charge is 2.21. The highest BCUT2D eigenvalue weighted by molar-refractivity contribution is 5.55. The lowest BCUT2D eigenvalue weighted by molar-refractivity contribution is 0.244. The molecule has 2 aromatic heterocycles. The van der Waals surface area contributed by atoms with Gasteiger partial charge in [-0.3, -0.25) is 9.88 Å². The summed E-state index contributed by atoms with van der Waals surface area (Å²) >= 11 is 0. The second-order valence-corrected chi connectivity index (χ2v) is 7.08. The smallest absolute Gasteiger partial charge is 0.159 e. The molecule has 27 heavy (non-hydrogen) atoms. The van der Waals surface area contributed by atoms with Gasteiger partial charge in [-0.2, -0.15) is 5.26 Å². The molecule has 0 saturated carbocycles. The molecular weight excluding hydrogens is 334 g/mol. The van der Waals surface area contributed by atoms with Crippen LogP contribution in [0.2, 0.25) is 0 Å². The van der Waals surface area contributed by atoms with E-state index in [9.17, 15) is 5.26 Å².